The molecule has 1 heterocycles. The van der Waals surface area contributed by atoms with E-state index in [1.165, 1.54) is 23.5 Å². The molecule has 0 saturated heterocycles. The van der Waals surface area contributed by atoms with Crippen molar-refractivity contribution in [3.63, 3.8) is 0 Å². The van der Waals surface area contributed by atoms with Crippen LogP contribution in [-0.2, 0) is 6.54 Å². The van der Waals surface area contributed by atoms with Gasteiger partial charge in [-0.1, -0.05) is 29.3 Å². The second-order valence-electron chi connectivity index (χ2n) is 4.12. The Hall–Kier alpha value is -0.680. The maximum absolute atomic E-state index is 13.5. The molecule has 0 spiro atoms. The number of thiophene rings is 1. The smallest absolute Gasteiger partial charge is 0.130 e. The molecule has 0 amide bonds. The average Bonchev–Trinajstić information content (AvgIpc) is 2.67. The molecule has 0 aliphatic rings. The quantitative estimate of drug-likeness (QED) is 0.817. The Bertz CT molecular complexity index is 586. The van der Waals surface area contributed by atoms with Gasteiger partial charge in [0.2, 0.25) is 0 Å². The summed E-state index contributed by atoms with van der Waals surface area (Å²) in [5, 5.41) is 3.13. The Balaban J connectivity index is 2.04. The largest absolute Gasteiger partial charge is 0.306 e. The number of halogens is 4. The molecule has 0 fully saturated rings. The van der Waals surface area contributed by atoms with Crippen molar-refractivity contribution in [3.05, 3.63) is 55.7 Å². The molecular weight excluding hydrogens is 311 g/mol. The van der Waals surface area contributed by atoms with Crippen LogP contribution in [0.5, 0.6) is 0 Å². The molecule has 0 bridgehead atoms. The molecule has 1 aromatic carbocycles. The Morgan fingerprint density at radius 2 is 2.00 bits per heavy atom. The molecule has 6 heteroatoms. The molecule has 1 nitrogen and oxygen atoms in total. The van der Waals surface area contributed by atoms with E-state index in [2.05, 4.69) is 5.32 Å². The zero-order valence-electron chi connectivity index (χ0n) is 10.0. The topological polar surface area (TPSA) is 12.0 Å². The molecule has 1 unspecified atom stereocenters. The van der Waals surface area contributed by atoms with Crippen molar-refractivity contribution in [2.75, 3.05) is 0 Å². The maximum Gasteiger partial charge on any atom is 0.130 e. The van der Waals surface area contributed by atoms with Gasteiger partial charge in [0.25, 0.3) is 0 Å². The highest BCUT2D eigenvalue weighted by molar-refractivity contribution is 7.20. The summed E-state index contributed by atoms with van der Waals surface area (Å²) in [7, 11) is 0. The highest BCUT2D eigenvalue weighted by atomic mass is 35.5. The lowest BCUT2D eigenvalue weighted by molar-refractivity contribution is 0.534. The van der Waals surface area contributed by atoms with Crippen molar-refractivity contribution in [2.24, 2.45) is 0 Å². The van der Waals surface area contributed by atoms with E-state index >= 15 is 0 Å². The lowest BCUT2D eigenvalue weighted by atomic mass is 10.1. The zero-order valence-corrected chi connectivity index (χ0v) is 12.3. The Morgan fingerprint density at radius 3 is 2.58 bits per heavy atom. The lowest BCUT2D eigenvalue weighted by Gasteiger charge is -2.13. The molecule has 2 rings (SSSR count). The summed E-state index contributed by atoms with van der Waals surface area (Å²) in [6.07, 6.45) is 0. The summed E-state index contributed by atoms with van der Waals surface area (Å²) in [5.74, 6) is -1.14. The molecule has 1 N–H and O–H groups in total. The van der Waals surface area contributed by atoms with Crippen LogP contribution in [0, 0.1) is 11.6 Å². The van der Waals surface area contributed by atoms with Crippen LogP contribution in [0.3, 0.4) is 0 Å². The van der Waals surface area contributed by atoms with Crippen LogP contribution in [-0.4, -0.2) is 0 Å². The van der Waals surface area contributed by atoms with E-state index in [1.54, 1.807) is 6.07 Å². The number of rotatable bonds is 4. The minimum absolute atomic E-state index is 0.0688. The van der Waals surface area contributed by atoms with Crippen molar-refractivity contribution in [1.29, 1.82) is 0 Å². The van der Waals surface area contributed by atoms with Crippen LogP contribution in [0.25, 0.3) is 0 Å². The molecule has 1 aromatic heterocycles. The highest BCUT2D eigenvalue weighted by Gasteiger charge is 2.13. The number of hydrogen-bond acceptors (Lipinski definition) is 2. The fourth-order valence-electron chi connectivity index (χ4n) is 1.69. The molecule has 1 atom stereocenters. The van der Waals surface area contributed by atoms with Gasteiger partial charge in [0.15, 0.2) is 0 Å². The van der Waals surface area contributed by atoms with Crippen molar-refractivity contribution in [3.8, 4) is 0 Å². The van der Waals surface area contributed by atoms with E-state index in [4.69, 9.17) is 23.2 Å². The normalized spacial score (nSPS) is 12.7. The van der Waals surface area contributed by atoms with E-state index in [9.17, 15) is 8.78 Å². The first-order chi connectivity index (χ1) is 8.97. The molecule has 0 aliphatic carbocycles. The van der Waals surface area contributed by atoms with Crippen LogP contribution >= 0.6 is 34.5 Å². The Kier molecular flexibility index (Phi) is 4.79. The van der Waals surface area contributed by atoms with E-state index in [1.807, 2.05) is 6.92 Å². The van der Waals surface area contributed by atoms with Crippen molar-refractivity contribution in [2.45, 2.75) is 19.5 Å². The minimum atomic E-state index is -0.582. The van der Waals surface area contributed by atoms with Gasteiger partial charge in [0, 0.05) is 24.2 Å². The summed E-state index contributed by atoms with van der Waals surface area (Å²) in [6.45, 7) is 2.20. The van der Waals surface area contributed by atoms with Gasteiger partial charge in [-0.3, -0.25) is 0 Å². The summed E-state index contributed by atoms with van der Waals surface area (Å²) in [5.41, 5.74) is 1.28. The third-order valence-electron chi connectivity index (χ3n) is 2.76. The second kappa shape index (κ2) is 6.18. The third-order valence-corrected chi connectivity index (χ3v) is 4.28. The summed E-state index contributed by atoms with van der Waals surface area (Å²) >= 11 is 13.2. The number of benzene rings is 1. The number of hydrogen-bond donors (Lipinski definition) is 1. The van der Waals surface area contributed by atoms with Gasteiger partial charge in [0.05, 0.1) is 8.67 Å². The van der Waals surface area contributed by atoms with E-state index in [0.717, 1.165) is 11.6 Å². The summed E-state index contributed by atoms with van der Waals surface area (Å²) < 4.78 is 27.5. The predicted octanol–water partition coefficient (Wildman–Crippen LogP) is 5.18. The maximum atomic E-state index is 13.5. The second-order valence-corrected chi connectivity index (χ2v) is 6.40. The van der Waals surface area contributed by atoms with Gasteiger partial charge in [-0.25, -0.2) is 8.78 Å². The van der Waals surface area contributed by atoms with Crippen molar-refractivity contribution >= 4 is 34.5 Å². The van der Waals surface area contributed by atoms with Crippen LogP contribution in [0.2, 0.25) is 8.67 Å². The standard InChI is InChI=1S/C13H11Cl2F2NS/c1-7(10-5-12(14)19-13(10)15)18-6-8-2-3-9(16)4-11(8)17/h2-5,7,18H,6H2,1H3. The molecule has 2 aromatic rings. The van der Waals surface area contributed by atoms with Crippen molar-refractivity contribution < 1.29 is 8.78 Å². The van der Waals surface area contributed by atoms with Gasteiger partial charge >= 0.3 is 0 Å². The summed E-state index contributed by atoms with van der Waals surface area (Å²) in [4.78, 5) is 0. The van der Waals surface area contributed by atoms with Crippen LogP contribution < -0.4 is 5.32 Å². The zero-order chi connectivity index (χ0) is 14.0. The van der Waals surface area contributed by atoms with E-state index in [-0.39, 0.29) is 12.6 Å². The van der Waals surface area contributed by atoms with Crippen LogP contribution in [0.1, 0.15) is 24.1 Å². The fraction of sp³-hybridized carbons (Fsp3) is 0.231. The van der Waals surface area contributed by atoms with Gasteiger partial charge in [-0.2, -0.15) is 0 Å². The molecule has 0 saturated carbocycles. The fourth-order valence-corrected chi connectivity index (χ4v) is 3.33. The summed E-state index contributed by atoms with van der Waals surface area (Å²) in [6, 6.07) is 5.25. The third kappa shape index (κ3) is 3.66. The van der Waals surface area contributed by atoms with Gasteiger partial charge in [-0.05, 0) is 24.6 Å². The first kappa shape index (κ1) is 14.7. The lowest BCUT2D eigenvalue weighted by Crippen LogP contribution is -2.18. The van der Waals surface area contributed by atoms with Gasteiger partial charge in [-0.15, -0.1) is 11.3 Å². The first-order valence-electron chi connectivity index (χ1n) is 5.59. The molecular formula is C13H11Cl2F2NS. The van der Waals surface area contributed by atoms with E-state index in [0.29, 0.717) is 14.2 Å². The van der Waals surface area contributed by atoms with E-state index < -0.39 is 11.6 Å². The molecule has 19 heavy (non-hydrogen) atoms. The molecule has 102 valence electrons. The van der Waals surface area contributed by atoms with Crippen LogP contribution in [0.15, 0.2) is 24.3 Å². The molecule has 0 aliphatic heterocycles. The Labute approximate surface area is 124 Å². The monoisotopic (exact) mass is 321 g/mol. The first-order valence-corrected chi connectivity index (χ1v) is 7.16. The molecule has 0 radical (unpaired) electrons. The minimum Gasteiger partial charge on any atom is -0.306 e. The predicted molar refractivity (Wildman–Crippen MR) is 76.0 cm³/mol. The van der Waals surface area contributed by atoms with Gasteiger partial charge in [0.1, 0.15) is 11.6 Å². The SMILES string of the molecule is CC(NCc1ccc(F)cc1F)c1cc(Cl)sc1Cl. The van der Waals surface area contributed by atoms with Crippen LogP contribution in [0.4, 0.5) is 8.78 Å². The average molecular weight is 322 g/mol. The van der Waals surface area contributed by atoms with Crippen molar-refractivity contribution in [1.82, 2.24) is 5.32 Å². The Morgan fingerprint density at radius 1 is 1.26 bits per heavy atom. The number of nitrogens with one attached hydrogen (secondary N) is 1. The highest BCUT2D eigenvalue weighted by Crippen LogP contribution is 2.34. The van der Waals surface area contributed by atoms with Gasteiger partial charge < -0.3 is 5.32 Å².